The van der Waals surface area contributed by atoms with Crippen LogP contribution in [0.2, 0.25) is 0 Å². The summed E-state index contributed by atoms with van der Waals surface area (Å²) in [7, 11) is 1.30. The average molecular weight is 218 g/mol. The normalized spacial score (nSPS) is 11.3. The maximum absolute atomic E-state index is 10.9. The van der Waals surface area contributed by atoms with E-state index >= 15 is 0 Å². The lowest BCUT2D eigenvalue weighted by atomic mass is 10.1. The van der Waals surface area contributed by atoms with E-state index < -0.39 is 12.0 Å². The van der Waals surface area contributed by atoms with E-state index in [1.54, 1.807) is 18.3 Å². The maximum atomic E-state index is 10.9. The van der Waals surface area contributed by atoms with Crippen LogP contribution < -0.4 is 5.73 Å². The minimum Gasteiger partial charge on any atom is -0.468 e. The lowest BCUT2D eigenvalue weighted by Crippen LogP contribution is -2.33. The van der Waals surface area contributed by atoms with Crippen molar-refractivity contribution in [3.8, 4) is 0 Å². The number of aromatic nitrogens is 2. The highest BCUT2D eigenvalue weighted by molar-refractivity contribution is 5.85. The molecule has 78 valence electrons. The smallest absolute Gasteiger partial charge is 0.323 e. The zero-order valence-electron chi connectivity index (χ0n) is 7.71. The predicted octanol–water partition coefficient (Wildman–Crippen LogP) is -0.0588. The van der Waals surface area contributed by atoms with Crippen LogP contribution in [0.4, 0.5) is 0 Å². The van der Waals surface area contributed by atoms with E-state index in [1.165, 1.54) is 7.11 Å². The van der Waals surface area contributed by atoms with Crippen LogP contribution in [-0.4, -0.2) is 29.3 Å². The van der Waals surface area contributed by atoms with Crippen molar-refractivity contribution in [1.82, 2.24) is 10.2 Å². The minimum absolute atomic E-state index is 0. The summed E-state index contributed by atoms with van der Waals surface area (Å²) in [6, 6.07) is 2.84. The van der Waals surface area contributed by atoms with E-state index in [0.717, 1.165) is 0 Å². The van der Waals surface area contributed by atoms with E-state index in [9.17, 15) is 4.79 Å². The summed E-state index contributed by atoms with van der Waals surface area (Å²) in [5, 5.41) is 7.46. The van der Waals surface area contributed by atoms with Gasteiger partial charge in [0.1, 0.15) is 6.04 Å². The van der Waals surface area contributed by atoms with Crippen LogP contribution in [0, 0.1) is 0 Å². The molecule has 14 heavy (non-hydrogen) atoms. The molecule has 6 heteroatoms. The molecule has 5 nitrogen and oxygen atoms in total. The molecule has 1 atom stereocenters. The maximum Gasteiger partial charge on any atom is 0.323 e. The third-order valence-electron chi connectivity index (χ3n) is 1.56. The highest BCUT2D eigenvalue weighted by atomic mass is 35.5. The number of carbonyl (C=O) groups is 1. The number of rotatable bonds is 3. The monoisotopic (exact) mass is 217 g/mol. The molecule has 0 aromatic carbocycles. The number of methoxy groups -OCH3 is 1. The van der Waals surface area contributed by atoms with Crippen molar-refractivity contribution in [3.63, 3.8) is 0 Å². The Morgan fingerprint density at radius 3 is 2.93 bits per heavy atom. The third-order valence-corrected chi connectivity index (χ3v) is 1.56. The molecule has 0 bridgehead atoms. The Kier molecular flexibility index (Phi) is 5.74. The molecular formula is C8H12ClN3O2. The summed E-state index contributed by atoms with van der Waals surface area (Å²) in [5.41, 5.74) is 6.20. The van der Waals surface area contributed by atoms with Gasteiger partial charge in [0.2, 0.25) is 0 Å². The number of esters is 1. The number of nitrogens with two attached hydrogens (primary N) is 1. The Morgan fingerprint density at radius 1 is 1.71 bits per heavy atom. The van der Waals surface area contributed by atoms with E-state index in [4.69, 9.17) is 5.73 Å². The summed E-state index contributed by atoms with van der Waals surface area (Å²) >= 11 is 0. The second kappa shape index (κ2) is 6.28. The Hall–Kier alpha value is -1.20. The molecule has 0 radical (unpaired) electrons. The topological polar surface area (TPSA) is 78.1 Å². The molecule has 2 N–H and O–H groups in total. The molecule has 0 amide bonds. The molecule has 1 heterocycles. The van der Waals surface area contributed by atoms with Crippen LogP contribution in [0.15, 0.2) is 18.3 Å². The van der Waals surface area contributed by atoms with Gasteiger partial charge in [0.25, 0.3) is 0 Å². The van der Waals surface area contributed by atoms with Gasteiger partial charge in [-0.3, -0.25) is 4.79 Å². The fraction of sp³-hybridized carbons (Fsp3) is 0.375. The quantitative estimate of drug-likeness (QED) is 0.718. The first kappa shape index (κ1) is 12.8. The zero-order chi connectivity index (χ0) is 9.68. The second-order valence-electron chi connectivity index (χ2n) is 2.55. The molecule has 1 unspecified atom stereocenters. The van der Waals surface area contributed by atoms with Gasteiger partial charge in [-0.25, -0.2) is 0 Å². The van der Waals surface area contributed by atoms with E-state index in [-0.39, 0.29) is 12.4 Å². The lowest BCUT2D eigenvalue weighted by Gasteiger charge is -2.06. The largest absolute Gasteiger partial charge is 0.468 e. The first-order valence-electron chi connectivity index (χ1n) is 3.84. The number of halogens is 1. The van der Waals surface area contributed by atoms with Gasteiger partial charge in [0.15, 0.2) is 0 Å². The van der Waals surface area contributed by atoms with Gasteiger partial charge < -0.3 is 10.5 Å². The lowest BCUT2D eigenvalue weighted by molar-refractivity contribution is -0.142. The number of ether oxygens (including phenoxy) is 1. The van der Waals surface area contributed by atoms with Gasteiger partial charge in [-0.15, -0.1) is 12.4 Å². The van der Waals surface area contributed by atoms with Gasteiger partial charge in [0.05, 0.1) is 12.8 Å². The number of hydrogen-bond acceptors (Lipinski definition) is 5. The van der Waals surface area contributed by atoms with Crippen molar-refractivity contribution in [2.75, 3.05) is 7.11 Å². The molecular weight excluding hydrogens is 206 g/mol. The molecule has 1 rings (SSSR count). The van der Waals surface area contributed by atoms with Crippen molar-refractivity contribution < 1.29 is 9.53 Å². The molecule has 0 saturated carbocycles. The molecule has 1 aromatic heterocycles. The highest BCUT2D eigenvalue weighted by Gasteiger charge is 2.14. The van der Waals surface area contributed by atoms with E-state index in [2.05, 4.69) is 14.9 Å². The van der Waals surface area contributed by atoms with Gasteiger partial charge >= 0.3 is 5.97 Å². The highest BCUT2D eigenvalue weighted by Crippen LogP contribution is 1.97. The van der Waals surface area contributed by atoms with Crippen LogP contribution in [-0.2, 0) is 16.0 Å². The van der Waals surface area contributed by atoms with Gasteiger partial charge in [0, 0.05) is 12.6 Å². The van der Waals surface area contributed by atoms with Crippen LogP contribution in [0.5, 0.6) is 0 Å². The molecule has 0 fully saturated rings. The van der Waals surface area contributed by atoms with Crippen molar-refractivity contribution in [1.29, 1.82) is 0 Å². The summed E-state index contributed by atoms with van der Waals surface area (Å²) < 4.78 is 4.47. The Morgan fingerprint density at radius 2 is 2.43 bits per heavy atom. The summed E-state index contributed by atoms with van der Waals surface area (Å²) in [5.74, 6) is -0.439. The molecule has 1 aromatic rings. The minimum atomic E-state index is -0.665. The van der Waals surface area contributed by atoms with Gasteiger partial charge in [-0.05, 0) is 12.1 Å². The second-order valence-corrected chi connectivity index (χ2v) is 2.55. The first-order valence-corrected chi connectivity index (χ1v) is 3.84. The molecule has 0 aliphatic rings. The summed E-state index contributed by atoms with van der Waals surface area (Å²) in [4.78, 5) is 10.9. The fourth-order valence-corrected chi connectivity index (χ4v) is 0.902. The van der Waals surface area contributed by atoms with Crippen LogP contribution in [0.25, 0.3) is 0 Å². The number of hydrogen-bond donors (Lipinski definition) is 1. The van der Waals surface area contributed by atoms with Gasteiger partial charge in [-0.1, -0.05) is 0 Å². The number of nitrogens with zero attached hydrogens (tertiary/aromatic N) is 2. The Bertz CT molecular complexity index is 281. The standard InChI is InChI=1S/C8H11N3O2.ClH/c1-13-8(12)7(9)5-6-3-2-4-10-11-6;/h2-4,7H,5,9H2,1H3;1H. The third kappa shape index (κ3) is 3.68. The fourth-order valence-electron chi connectivity index (χ4n) is 0.902. The average Bonchev–Trinajstić information content (AvgIpc) is 2.18. The van der Waals surface area contributed by atoms with E-state index in [0.29, 0.717) is 12.1 Å². The SMILES string of the molecule is COC(=O)C(N)Cc1cccnn1.Cl. The molecule has 0 spiro atoms. The van der Waals surface area contributed by atoms with Crippen LogP contribution in [0.1, 0.15) is 5.69 Å². The molecule has 0 aliphatic heterocycles. The summed E-state index contributed by atoms with van der Waals surface area (Å²) in [6.07, 6.45) is 1.91. The van der Waals surface area contributed by atoms with Crippen molar-refractivity contribution in [2.45, 2.75) is 12.5 Å². The Labute approximate surface area is 88.1 Å². The van der Waals surface area contributed by atoms with Crippen molar-refractivity contribution in [2.24, 2.45) is 5.73 Å². The van der Waals surface area contributed by atoms with Crippen molar-refractivity contribution in [3.05, 3.63) is 24.0 Å². The first-order chi connectivity index (χ1) is 6.24. The zero-order valence-corrected chi connectivity index (χ0v) is 8.53. The van der Waals surface area contributed by atoms with Gasteiger partial charge in [-0.2, -0.15) is 10.2 Å². The molecule has 0 saturated heterocycles. The summed E-state index contributed by atoms with van der Waals surface area (Å²) in [6.45, 7) is 0. The number of carbonyl (C=O) groups excluding carboxylic acids is 1. The predicted molar refractivity (Wildman–Crippen MR) is 53.0 cm³/mol. The van der Waals surface area contributed by atoms with Crippen LogP contribution >= 0.6 is 12.4 Å². The van der Waals surface area contributed by atoms with Crippen molar-refractivity contribution >= 4 is 18.4 Å². The Balaban J connectivity index is 0.00000169. The van der Waals surface area contributed by atoms with Crippen LogP contribution in [0.3, 0.4) is 0 Å². The molecule has 0 aliphatic carbocycles. The van der Waals surface area contributed by atoms with E-state index in [1.807, 2.05) is 0 Å².